The molecule has 0 aromatic rings. The van der Waals surface area contributed by atoms with Gasteiger partial charge in [0.05, 0.1) is 1.37 Å². The lowest BCUT2D eigenvalue weighted by Crippen LogP contribution is -2.29. The number of carbonyl (C=O) groups is 1. The van der Waals surface area contributed by atoms with Gasteiger partial charge in [-0.25, -0.2) is 0 Å². The smallest absolute Gasteiger partial charge is 0.320 e. The summed E-state index contributed by atoms with van der Waals surface area (Å²) in [6.07, 6.45) is -6.30. The first-order valence-corrected chi connectivity index (χ1v) is 1.93. The highest BCUT2D eigenvalue weighted by atomic mass is 16.5. The number of carboxylic acids is 1. The van der Waals surface area contributed by atoms with Crippen molar-refractivity contribution in [2.45, 2.75) is 18.8 Å². The summed E-state index contributed by atoms with van der Waals surface area (Å²) in [6.45, 7) is -2.92. The summed E-state index contributed by atoms with van der Waals surface area (Å²) >= 11 is 0. The van der Waals surface area contributed by atoms with Crippen LogP contribution in [0, 0.1) is 0 Å². The molecule has 0 aliphatic carbocycles. The predicted octanol–water partition coefficient (Wildman–Crippen LogP) is -0.177. The molecule has 0 amide bonds. The van der Waals surface area contributed by atoms with E-state index in [0.717, 1.165) is 0 Å². The fourth-order valence-corrected chi connectivity index (χ4v) is 0.326. The Kier molecular flexibility index (Phi) is 0.393. The first kappa shape index (κ1) is 1.48. The molecule has 8 heavy (non-hydrogen) atoms. The second kappa shape index (κ2) is 2.13. The molecule has 2 N–H and O–H groups in total. The Morgan fingerprint density at radius 2 is 2.88 bits per heavy atom. The molecule has 0 radical (unpaired) electrons. The van der Waals surface area contributed by atoms with Gasteiger partial charge in [-0.2, -0.15) is 0 Å². The van der Waals surface area contributed by atoms with Gasteiger partial charge >= 0.3 is 5.97 Å². The third-order valence-corrected chi connectivity index (χ3v) is 0.651. The molecule has 0 unspecified atom stereocenters. The highest BCUT2D eigenvalue weighted by Gasteiger charge is 2.20. The monoisotopic (exact) mass is 127 g/mol. The third kappa shape index (κ3) is 0.980. The van der Waals surface area contributed by atoms with Crippen LogP contribution in [-0.2, 0) is 4.79 Å². The van der Waals surface area contributed by atoms with Crippen molar-refractivity contribution >= 4 is 5.97 Å². The van der Waals surface area contributed by atoms with Gasteiger partial charge in [0.15, 0.2) is 0 Å². The van der Waals surface area contributed by atoms with E-state index < -0.39 is 31.2 Å². The minimum atomic E-state index is -3.19. The normalized spacial score (nSPS) is 69.2. The standard InChI is InChI=1S/C5H9NO2/c7-5(8)4-2-1-3-6-4/h4,6H,1-3H2,(H,7,8)/t4-/m0/s1/i1+1D2,2+1D2,3+1D2,4+1D,5+1. The van der Waals surface area contributed by atoms with Crippen LogP contribution in [-0.4, -0.2) is 23.6 Å². The number of carboxylic acid groups (broad SMARTS) is 1. The van der Waals surface area contributed by atoms with Crippen LogP contribution in [0.15, 0.2) is 0 Å². The third-order valence-electron chi connectivity index (χ3n) is 0.651. The maximum Gasteiger partial charge on any atom is 0.320 e. The number of hydrogen-bond acceptors (Lipinski definition) is 2. The Balaban J connectivity index is 3.38. The summed E-state index contributed by atoms with van der Waals surface area (Å²) in [4.78, 5) is 10.7. The fraction of sp³-hybridized carbons (Fsp3) is 0.800. The SMILES string of the molecule is [2H][13C]1([2H])N[13C@]([2H])([13C](=O)O)[13C]([2H])([2H])[13C]1([2H])[2H]. The average Bonchev–Trinajstić information content (AvgIpc) is 2.09. The average molecular weight is 127 g/mol. The van der Waals surface area contributed by atoms with E-state index in [4.69, 9.17) is 14.7 Å². The van der Waals surface area contributed by atoms with Crippen LogP contribution in [0.3, 0.4) is 0 Å². The van der Waals surface area contributed by atoms with Gasteiger partial charge in [0.25, 0.3) is 0 Å². The second-order valence-electron chi connectivity index (χ2n) is 1.18. The Morgan fingerprint density at radius 1 is 2.12 bits per heavy atom. The molecule has 1 aliphatic rings. The fourth-order valence-electron chi connectivity index (χ4n) is 0.326. The molecule has 1 fully saturated rings. The lowest BCUT2D eigenvalue weighted by Gasteiger charge is -1.99. The topological polar surface area (TPSA) is 49.3 Å². The summed E-state index contributed by atoms with van der Waals surface area (Å²) in [5, 5.41) is 10.2. The van der Waals surface area contributed by atoms with E-state index >= 15 is 0 Å². The molecule has 1 heterocycles. The van der Waals surface area contributed by atoms with Gasteiger partial charge in [0, 0.05) is 8.22 Å². The van der Waals surface area contributed by atoms with Crippen LogP contribution in [0.5, 0.6) is 0 Å². The Bertz CT molecular complexity index is 317. The molecule has 3 nitrogen and oxygen atoms in total. The number of hydrogen-bond donors (Lipinski definition) is 2. The van der Waals surface area contributed by atoms with Gasteiger partial charge in [0.1, 0.15) is 6.02 Å². The highest BCUT2D eigenvalue weighted by molar-refractivity contribution is 5.73. The van der Waals surface area contributed by atoms with Crippen LogP contribution < -0.4 is 5.32 Å². The van der Waals surface area contributed by atoms with Crippen molar-refractivity contribution in [2.24, 2.45) is 0 Å². The van der Waals surface area contributed by atoms with Gasteiger partial charge in [-0.05, 0) is 19.2 Å². The summed E-state index contributed by atoms with van der Waals surface area (Å²) < 4.78 is 50.5. The predicted molar refractivity (Wildman–Crippen MR) is 28.7 cm³/mol. The van der Waals surface area contributed by atoms with E-state index in [1.165, 1.54) is 5.32 Å². The molecule has 46 valence electrons. The van der Waals surface area contributed by atoms with E-state index in [1.54, 1.807) is 0 Å². The zero-order valence-corrected chi connectivity index (χ0v) is 3.86. The van der Waals surface area contributed by atoms with Crippen molar-refractivity contribution in [1.29, 1.82) is 0 Å². The molecular weight excluding hydrogens is 111 g/mol. The lowest BCUT2D eigenvalue weighted by atomic mass is 11.2. The zero-order valence-electron chi connectivity index (χ0n) is 10.9. The molecule has 0 saturated carbocycles. The minimum absolute atomic E-state index is 1.54. The number of aliphatic carboxylic acids is 1. The van der Waals surface area contributed by atoms with Crippen molar-refractivity contribution in [2.75, 3.05) is 6.50 Å². The van der Waals surface area contributed by atoms with Crippen molar-refractivity contribution < 1.29 is 19.5 Å². The van der Waals surface area contributed by atoms with E-state index in [0.29, 0.717) is 0 Å². The number of nitrogens with one attached hydrogen (secondary N) is 1. The second-order valence-corrected chi connectivity index (χ2v) is 1.18. The van der Waals surface area contributed by atoms with Crippen LogP contribution >= 0.6 is 0 Å². The van der Waals surface area contributed by atoms with Crippen molar-refractivity contribution in [3.8, 4) is 0 Å². The van der Waals surface area contributed by atoms with Crippen molar-refractivity contribution in [3.63, 3.8) is 0 Å². The minimum Gasteiger partial charge on any atom is -0.480 e. The molecule has 0 spiro atoms. The number of rotatable bonds is 1. The first-order chi connectivity index (χ1) is 6.40. The van der Waals surface area contributed by atoms with Gasteiger partial charge in [-0.3, -0.25) is 4.79 Å². The maximum absolute atomic E-state index is 10.7. The molecule has 1 rings (SSSR count). The Hall–Kier alpha value is -0.570. The molecule has 3 heteroatoms. The summed E-state index contributed by atoms with van der Waals surface area (Å²) in [5.41, 5.74) is 0. The van der Waals surface area contributed by atoms with Crippen LogP contribution in [0.25, 0.3) is 0 Å². The molecule has 0 aromatic carbocycles. The van der Waals surface area contributed by atoms with Crippen LogP contribution in [0.2, 0.25) is 0 Å². The van der Waals surface area contributed by atoms with E-state index in [-0.39, 0.29) is 0 Å². The zero-order chi connectivity index (χ0) is 12.3. The molecule has 1 atom stereocenters. The molecule has 1 saturated heterocycles. The van der Waals surface area contributed by atoms with E-state index in [2.05, 4.69) is 0 Å². The maximum atomic E-state index is 10.7. The van der Waals surface area contributed by atoms with Crippen molar-refractivity contribution in [3.05, 3.63) is 0 Å². The Labute approximate surface area is 57.5 Å². The molecule has 0 aromatic heterocycles. The van der Waals surface area contributed by atoms with Crippen LogP contribution in [0.4, 0.5) is 0 Å². The Morgan fingerprint density at radius 3 is 3.12 bits per heavy atom. The first-order valence-electron chi connectivity index (χ1n) is 5.43. The molecule has 0 bridgehead atoms. The van der Waals surface area contributed by atoms with Crippen molar-refractivity contribution in [1.82, 2.24) is 5.32 Å². The summed E-state index contributed by atoms with van der Waals surface area (Å²) in [6, 6.07) is -3.04. The lowest BCUT2D eigenvalue weighted by molar-refractivity contribution is -0.139. The van der Waals surface area contributed by atoms with Gasteiger partial charge < -0.3 is 10.4 Å². The van der Waals surface area contributed by atoms with E-state index in [9.17, 15) is 4.79 Å². The van der Waals surface area contributed by atoms with Crippen LogP contribution in [0.1, 0.15) is 22.3 Å². The van der Waals surface area contributed by atoms with Gasteiger partial charge in [-0.15, -0.1) is 0 Å². The molecular formula is C5H9NO2. The summed E-state index contributed by atoms with van der Waals surface area (Å²) in [5.74, 6) is -1.96. The largest absolute Gasteiger partial charge is 0.480 e. The van der Waals surface area contributed by atoms with Gasteiger partial charge in [-0.1, -0.05) is 0 Å². The van der Waals surface area contributed by atoms with E-state index in [1.807, 2.05) is 0 Å². The molecule has 1 aliphatic heterocycles. The van der Waals surface area contributed by atoms with Gasteiger partial charge in [0.2, 0.25) is 0 Å². The quantitative estimate of drug-likeness (QED) is 0.480. The highest BCUT2D eigenvalue weighted by Crippen LogP contribution is 2.03. The summed E-state index contributed by atoms with van der Waals surface area (Å²) in [7, 11) is 0.